The van der Waals surface area contributed by atoms with E-state index in [1.807, 2.05) is 0 Å². The Kier molecular flexibility index (Phi) is 7.78. The number of benzene rings is 1. The molecule has 0 unspecified atom stereocenters. The molecule has 0 aliphatic heterocycles. The van der Waals surface area contributed by atoms with Crippen LogP contribution in [0.2, 0.25) is 0 Å². The van der Waals surface area contributed by atoms with E-state index in [9.17, 15) is 23.5 Å². The van der Waals surface area contributed by atoms with E-state index in [4.69, 9.17) is 4.74 Å². The fourth-order valence-electron chi connectivity index (χ4n) is 2.91. The van der Waals surface area contributed by atoms with Gasteiger partial charge in [-0.15, -0.1) is 0 Å². The molecular formula is C23H23BrF2N4O4. The third-order valence-corrected chi connectivity index (χ3v) is 5.48. The molecule has 0 saturated heterocycles. The molecule has 34 heavy (non-hydrogen) atoms. The fraction of sp³-hybridized carbons (Fsp3) is 0.304. The van der Waals surface area contributed by atoms with Crippen molar-refractivity contribution in [2.45, 2.75) is 39.5 Å². The average molecular weight is 537 g/mol. The molecule has 0 atom stereocenters. The number of nitrogens with zero attached hydrogens (tertiary/aromatic N) is 3. The van der Waals surface area contributed by atoms with Gasteiger partial charge in [0.2, 0.25) is 0 Å². The van der Waals surface area contributed by atoms with Crippen LogP contribution in [0.1, 0.15) is 41.3 Å². The van der Waals surface area contributed by atoms with E-state index >= 15 is 0 Å². The number of nitrogens with one attached hydrogen (secondary N) is 1. The number of carbonyl (C=O) groups is 1. The summed E-state index contributed by atoms with van der Waals surface area (Å²) in [5.41, 5.74) is -0.233. The third kappa shape index (κ3) is 6.45. The number of carbonyl (C=O) groups excluding carboxylic acids is 1. The summed E-state index contributed by atoms with van der Waals surface area (Å²) < 4.78 is 34.1. The van der Waals surface area contributed by atoms with Gasteiger partial charge in [0.05, 0.1) is 30.2 Å². The lowest BCUT2D eigenvalue weighted by atomic mass is 10.1. The Morgan fingerprint density at radius 3 is 2.59 bits per heavy atom. The van der Waals surface area contributed by atoms with Crippen LogP contribution in [0, 0.1) is 18.6 Å². The first-order valence-corrected chi connectivity index (χ1v) is 11.0. The smallest absolute Gasteiger partial charge is 0.271 e. The molecule has 11 heteroatoms. The fourth-order valence-corrected chi connectivity index (χ4v) is 3.36. The molecule has 2 heterocycles. The van der Waals surface area contributed by atoms with Crippen molar-refractivity contribution in [1.29, 1.82) is 0 Å². The number of halogens is 3. The molecule has 3 rings (SSSR count). The number of rotatable bonds is 8. The van der Waals surface area contributed by atoms with Gasteiger partial charge in [0, 0.05) is 29.9 Å². The van der Waals surface area contributed by atoms with Gasteiger partial charge < -0.3 is 19.7 Å². The molecule has 1 amide bonds. The molecule has 2 N–H and O–H groups in total. The lowest BCUT2D eigenvalue weighted by molar-refractivity contribution is 0.0691. The Labute approximate surface area is 202 Å². The van der Waals surface area contributed by atoms with E-state index in [2.05, 4.69) is 31.2 Å². The van der Waals surface area contributed by atoms with E-state index in [-0.39, 0.29) is 41.2 Å². The summed E-state index contributed by atoms with van der Waals surface area (Å²) in [6.45, 7) is 4.80. The van der Waals surface area contributed by atoms with Crippen molar-refractivity contribution in [2.75, 3.05) is 6.54 Å². The summed E-state index contributed by atoms with van der Waals surface area (Å²) in [4.78, 5) is 33.3. The van der Waals surface area contributed by atoms with Crippen molar-refractivity contribution in [2.24, 2.45) is 0 Å². The first kappa shape index (κ1) is 25.4. The van der Waals surface area contributed by atoms with Gasteiger partial charge >= 0.3 is 0 Å². The van der Waals surface area contributed by atoms with Gasteiger partial charge in [-0.05, 0) is 48.8 Å². The Morgan fingerprint density at radius 1 is 1.24 bits per heavy atom. The topological polar surface area (TPSA) is 106 Å². The maximum atomic E-state index is 13.8. The van der Waals surface area contributed by atoms with Gasteiger partial charge in [-0.1, -0.05) is 0 Å². The number of aryl methyl sites for hydroxylation is 1. The van der Waals surface area contributed by atoms with Crippen LogP contribution in [0.15, 0.2) is 45.9 Å². The van der Waals surface area contributed by atoms with E-state index in [0.29, 0.717) is 11.4 Å². The zero-order valence-electron chi connectivity index (χ0n) is 18.7. The number of aliphatic hydroxyl groups is 1. The predicted molar refractivity (Wildman–Crippen MR) is 124 cm³/mol. The number of hydrogen-bond donors (Lipinski definition) is 2. The Balaban J connectivity index is 1.72. The zero-order valence-corrected chi connectivity index (χ0v) is 20.3. The minimum atomic E-state index is -1.06. The molecule has 0 aliphatic carbocycles. The minimum Gasteiger partial charge on any atom is -0.487 e. The first-order valence-electron chi connectivity index (χ1n) is 10.2. The van der Waals surface area contributed by atoms with Crippen LogP contribution in [0.5, 0.6) is 5.75 Å². The molecule has 1 aromatic carbocycles. The first-order chi connectivity index (χ1) is 15.9. The van der Waals surface area contributed by atoms with Gasteiger partial charge in [-0.3, -0.25) is 14.6 Å². The van der Waals surface area contributed by atoms with E-state index in [1.54, 1.807) is 26.8 Å². The maximum absolute atomic E-state index is 13.8. The predicted octanol–water partition coefficient (Wildman–Crippen LogP) is 3.12. The molecule has 0 saturated carbocycles. The molecule has 0 radical (unpaired) electrons. The van der Waals surface area contributed by atoms with Crippen LogP contribution in [0.4, 0.5) is 8.78 Å². The SMILES string of the molecule is Cc1cc(OCc2ccc(F)cc2F)c(Br)c(=O)n1Cc1cnc(C(=O)NCC(C)(C)O)cn1. The largest absolute Gasteiger partial charge is 0.487 e. The molecule has 3 aromatic rings. The van der Waals surface area contributed by atoms with E-state index < -0.39 is 28.7 Å². The second-order valence-corrected chi connectivity index (χ2v) is 9.06. The highest BCUT2D eigenvalue weighted by molar-refractivity contribution is 9.10. The van der Waals surface area contributed by atoms with Crippen LogP contribution >= 0.6 is 15.9 Å². The quantitative estimate of drug-likeness (QED) is 0.458. The monoisotopic (exact) mass is 536 g/mol. The Morgan fingerprint density at radius 2 is 1.97 bits per heavy atom. The van der Waals surface area contributed by atoms with Crippen LogP contribution in [-0.2, 0) is 13.2 Å². The summed E-state index contributed by atoms with van der Waals surface area (Å²) in [5.74, 6) is -1.69. The zero-order chi connectivity index (χ0) is 25.0. The van der Waals surface area contributed by atoms with Gasteiger partial charge in [0.1, 0.15) is 34.2 Å². The third-order valence-electron chi connectivity index (χ3n) is 4.75. The van der Waals surface area contributed by atoms with Gasteiger partial charge in [-0.25, -0.2) is 13.8 Å². The van der Waals surface area contributed by atoms with Crippen molar-refractivity contribution >= 4 is 21.8 Å². The lowest BCUT2D eigenvalue weighted by Crippen LogP contribution is -2.38. The number of ether oxygens (including phenoxy) is 1. The van der Waals surface area contributed by atoms with Crippen molar-refractivity contribution < 1.29 is 23.4 Å². The van der Waals surface area contributed by atoms with Crippen LogP contribution in [0.25, 0.3) is 0 Å². The summed E-state index contributed by atoms with van der Waals surface area (Å²) in [7, 11) is 0. The summed E-state index contributed by atoms with van der Waals surface area (Å²) in [6, 6.07) is 4.78. The second-order valence-electron chi connectivity index (χ2n) is 8.27. The van der Waals surface area contributed by atoms with Crippen molar-refractivity contribution in [1.82, 2.24) is 19.9 Å². The maximum Gasteiger partial charge on any atom is 0.271 e. The van der Waals surface area contributed by atoms with Crippen LogP contribution < -0.4 is 15.6 Å². The minimum absolute atomic E-state index is 0.0557. The number of aromatic nitrogens is 3. The van der Waals surface area contributed by atoms with Crippen LogP contribution in [-0.4, -0.2) is 37.7 Å². The molecule has 8 nitrogen and oxygen atoms in total. The van der Waals surface area contributed by atoms with Crippen molar-refractivity contribution in [3.8, 4) is 5.75 Å². The summed E-state index contributed by atoms with van der Waals surface area (Å²) in [6.07, 6.45) is 2.68. The highest BCUT2D eigenvalue weighted by atomic mass is 79.9. The lowest BCUT2D eigenvalue weighted by Gasteiger charge is -2.17. The highest BCUT2D eigenvalue weighted by Crippen LogP contribution is 2.24. The molecule has 0 bridgehead atoms. The number of pyridine rings is 1. The summed E-state index contributed by atoms with van der Waals surface area (Å²) in [5, 5.41) is 12.3. The van der Waals surface area contributed by atoms with Gasteiger partial charge in [0.25, 0.3) is 11.5 Å². The Hall–Kier alpha value is -3.18. The Bertz CT molecular complexity index is 1260. The van der Waals surface area contributed by atoms with Gasteiger partial charge in [0.15, 0.2) is 0 Å². The molecule has 180 valence electrons. The highest BCUT2D eigenvalue weighted by Gasteiger charge is 2.17. The molecular weight excluding hydrogens is 514 g/mol. The second kappa shape index (κ2) is 10.4. The standard InChI is InChI=1S/C23H23BrF2N4O4/c1-13-6-19(34-11-14-4-5-15(25)7-17(14)26)20(24)22(32)30(13)10-16-8-28-18(9-27-16)21(31)29-12-23(2,3)33/h4-9,33H,10-12H2,1-3H3,(H,29,31). The van der Waals surface area contributed by atoms with Crippen molar-refractivity contribution in [3.05, 3.63) is 85.8 Å². The van der Waals surface area contributed by atoms with E-state index in [1.165, 1.54) is 23.0 Å². The van der Waals surface area contributed by atoms with E-state index in [0.717, 1.165) is 12.1 Å². The van der Waals surface area contributed by atoms with Crippen LogP contribution in [0.3, 0.4) is 0 Å². The number of hydrogen-bond acceptors (Lipinski definition) is 6. The van der Waals surface area contributed by atoms with Crippen molar-refractivity contribution in [3.63, 3.8) is 0 Å². The molecule has 0 fully saturated rings. The average Bonchev–Trinajstić information content (AvgIpc) is 2.77. The summed E-state index contributed by atoms with van der Waals surface area (Å²) >= 11 is 3.22. The molecule has 2 aromatic heterocycles. The van der Waals surface area contributed by atoms with Gasteiger partial charge in [-0.2, -0.15) is 0 Å². The number of amides is 1. The molecule has 0 aliphatic rings. The molecule has 0 spiro atoms. The normalized spacial score (nSPS) is 11.4.